The lowest BCUT2D eigenvalue weighted by Gasteiger charge is -2.09. The largest absolute Gasteiger partial charge is 0.497 e. The van der Waals surface area contributed by atoms with Gasteiger partial charge >= 0.3 is 0 Å². The van der Waals surface area contributed by atoms with Crippen molar-refractivity contribution in [3.8, 4) is 17.2 Å². The normalized spacial score (nSPS) is 11.2. The number of benzene rings is 1. The summed E-state index contributed by atoms with van der Waals surface area (Å²) in [7, 11) is 1.66. The molecule has 0 amide bonds. The lowest BCUT2D eigenvalue weighted by atomic mass is 10.0. The molecule has 4 heteroatoms. The van der Waals surface area contributed by atoms with E-state index in [-0.39, 0.29) is 0 Å². The maximum Gasteiger partial charge on any atom is 0.229 e. The van der Waals surface area contributed by atoms with Crippen LogP contribution in [0, 0.1) is 0 Å². The standard InChI is InChI=1S/C16H16N2O2/c1-10(2)11-7-12(9-13(8-11)19-3)16-18-15-14(20-16)5-4-6-17-15/h4-10H,1-3H3. The molecule has 4 nitrogen and oxygen atoms in total. The lowest BCUT2D eigenvalue weighted by molar-refractivity contribution is 0.414. The van der Waals surface area contributed by atoms with Gasteiger partial charge < -0.3 is 9.15 Å². The van der Waals surface area contributed by atoms with Crippen molar-refractivity contribution in [2.24, 2.45) is 0 Å². The molecule has 0 saturated heterocycles. The Labute approximate surface area is 117 Å². The first kappa shape index (κ1) is 12.7. The molecule has 0 N–H and O–H groups in total. The zero-order valence-corrected chi connectivity index (χ0v) is 11.8. The van der Waals surface area contributed by atoms with Gasteiger partial charge in [0.25, 0.3) is 0 Å². The van der Waals surface area contributed by atoms with Crippen molar-refractivity contribution >= 4 is 11.2 Å². The number of nitrogens with zero attached hydrogens (tertiary/aromatic N) is 2. The Hall–Kier alpha value is -2.36. The van der Waals surface area contributed by atoms with Crippen molar-refractivity contribution in [1.29, 1.82) is 0 Å². The SMILES string of the molecule is COc1cc(-c2nc3ncccc3o2)cc(C(C)C)c1. The van der Waals surface area contributed by atoms with Gasteiger partial charge in [-0.15, -0.1) is 0 Å². The van der Waals surface area contributed by atoms with Crippen molar-refractivity contribution in [3.05, 3.63) is 42.1 Å². The molecule has 2 heterocycles. The number of ether oxygens (including phenoxy) is 1. The first-order chi connectivity index (χ1) is 9.67. The van der Waals surface area contributed by atoms with Crippen LogP contribution in [-0.4, -0.2) is 17.1 Å². The third kappa shape index (κ3) is 2.25. The maximum absolute atomic E-state index is 5.76. The van der Waals surface area contributed by atoms with Crippen LogP contribution in [-0.2, 0) is 0 Å². The van der Waals surface area contributed by atoms with E-state index < -0.39 is 0 Å². The van der Waals surface area contributed by atoms with Crippen molar-refractivity contribution in [2.45, 2.75) is 19.8 Å². The molecule has 3 aromatic rings. The summed E-state index contributed by atoms with van der Waals surface area (Å²) in [5.41, 5.74) is 3.41. The predicted octanol–water partition coefficient (Wildman–Crippen LogP) is 4.02. The summed E-state index contributed by atoms with van der Waals surface area (Å²) in [6.07, 6.45) is 1.71. The average molecular weight is 268 g/mol. The van der Waals surface area contributed by atoms with Gasteiger partial charge in [-0.2, -0.15) is 4.98 Å². The zero-order chi connectivity index (χ0) is 14.1. The Morgan fingerprint density at radius 2 is 2.05 bits per heavy atom. The number of pyridine rings is 1. The number of aromatic nitrogens is 2. The Morgan fingerprint density at radius 1 is 1.20 bits per heavy atom. The number of rotatable bonds is 3. The lowest BCUT2D eigenvalue weighted by Crippen LogP contribution is -1.92. The van der Waals surface area contributed by atoms with Gasteiger partial charge in [0, 0.05) is 11.8 Å². The predicted molar refractivity (Wildman–Crippen MR) is 77.9 cm³/mol. The van der Waals surface area contributed by atoms with Crippen molar-refractivity contribution in [1.82, 2.24) is 9.97 Å². The molecule has 0 radical (unpaired) electrons. The summed E-state index contributed by atoms with van der Waals surface area (Å²) in [5.74, 6) is 1.78. The first-order valence-electron chi connectivity index (χ1n) is 6.58. The Balaban J connectivity index is 2.14. The van der Waals surface area contributed by atoms with E-state index in [0.29, 0.717) is 23.0 Å². The molecular formula is C16H16N2O2. The fourth-order valence-electron chi connectivity index (χ4n) is 2.09. The summed E-state index contributed by atoms with van der Waals surface area (Å²) < 4.78 is 11.1. The van der Waals surface area contributed by atoms with E-state index in [0.717, 1.165) is 11.3 Å². The number of methoxy groups -OCH3 is 1. The number of hydrogen-bond donors (Lipinski definition) is 0. The minimum Gasteiger partial charge on any atom is -0.497 e. The minimum absolute atomic E-state index is 0.409. The molecule has 0 atom stereocenters. The molecule has 2 aromatic heterocycles. The molecule has 1 aromatic carbocycles. The third-order valence-electron chi connectivity index (χ3n) is 3.24. The number of oxazole rings is 1. The maximum atomic E-state index is 5.76. The highest BCUT2D eigenvalue weighted by atomic mass is 16.5. The summed E-state index contributed by atoms with van der Waals surface area (Å²) >= 11 is 0. The number of hydrogen-bond acceptors (Lipinski definition) is 4. The van der Waals surface area contributed by atoms with Crippen LogP contribution < -0.4 is 4.74 Å². The molecule has 0 bridgehead atoms. The molecule has 0 aliphatic carbocycles. The second-order valence-electron chi connectivity index (χ2n) is 4.99. The smallest absolute Gasteiger partial charge is 0.229 e. The second kappa shape index (κ2) is 4.96. The molecule has 102 valence electrons. The Kier molecular flexibility index (Phi) is 3.14. The van der Waals surface area contributed by atoms with Gasteiger partial charge in [-0.3, -0.25) is 0 Å². The van der Waals surface area contributed by atoms with Gasteiger partial charge in [0.1, 0.15) is 5.75 Å². The van der Waals surface area contributed by atoms with Crippen LogP contribution in [0.2, 0.25) is 0 Å². The molecule has 0 spiro atoms. The molecular weight excluding hydrogens is 252 g/mol. The van der Waals surface area contributed by atoms with Crippen LogP contribution in [0.25, 0.3) is 22.7 Å². The first-order valence-corrected chi connectivity index (χ1v) is 6.58. The van der Waals surface area contributed by atoms with Gasteiger partial charge in [-0.25, -0.2) is 4.98 Å². The van der Waals surface area contributed by atoms with Gasteiger partial charge in [0.2, 0.25) is 5.89 Å². The molecule has 0 aliphatic rings. The van der Waals surface area contributed by atoms with E-state index >= 15 is 0 Å². The van der Waals surface area contributed by atoms with Crippen LogP contribution in [0.15, 0.2) is 40.9 Å². The van der Waals surface area contributed by atoms with Crippen molar-refractivity contribution < 1.29 is 9.15 Å². The highest BCUT2D eigenvalue weighted by Crippen LogP contribution is 2.30. The van der Waals surface area contributed by atoms with Gasteiger partial charge in [0.15, 0.2) is 11.2 Å². The zero-order valence-electron chi connectivity index (χ0n) is 11.8. The van der Waals surface area contributed by atoms with Gasteiger partial charge in [-0.1, -0.05) is 13.8 Å². The van der Waals surface area contributed by atoms with Crippen LogP contribution in [0.4, 0.5) is 0 Å². The molecule has 3 rings (SSSR count). The van der Waals surface area contributed by atoms with Gasteiger partial charge in [-0.05, 0) is 41.8 Å². The van der Waals surface area contributed by atoms with E-state index in [2.05, 4.69) is 29.9 Å². The summed E-state index contributed by atoms with van der Waals surface area (Å²) in [6.45, 7) is 4.29. The van der Waals surface area contributed by atoms with Crippen molar-refractivity contribution in [2.75, 3.05) is 7.11 Å². The fourth-order valence-corrected chi connectivity index (χ4v) is 2.09. The fraction of sp³-hybridized carbons (Fsp3) is 0.250. The number of fused-ring (bicyclic) bond motifs is 1. The quantitative estimate of drug-likeness (QED) is 0.719. The molecule has 0 aliphatic heterocycles. The van der Waals surface area contributed by atoms with E-state index in [1.807, 2.05) is 24.3 Å². The van der Waals surface area contributed by atoms with E-state index in [1.54, 1.807) is 13.3 Å². The Morgan fingerprint density at radius 3 is 2.75 bits per heavy atom. The van der Waals surface area contributed by atoms with E-state index in [4.69, 9.17) is 9.15 Å². The summed E-state index contributed by atoms with van der Waals surface area (Å²) in [5, 5.41) is 0. The van der Waals surface area contributed by atoms with E-state index in [9.17, 15) is 0 Å². The van der Waals surface area contributed by atoms with E-state index in [1.165, 1.54) is 5.56 Å². The van der Waals surface area contributed by atoms with Crippen LogP contribution >= 0.6 is 0 Å². The molecule has 0 fully saturated rings. The second-order valence-corrected chi connectivity index (χ2v) is 4.99. The summed E-state index contributed by atoms with van der Waals surface area (Å²) in [6, 6.07) is 9.74. The third-order valence-corrected chi connectivity index (χ3v) is 3.24. The van der Waals surface area contributed by atoms with Crippen molar-refractivity contribution in [3.63, 3.8) is 0 Å². The molecule has 20 heavy (non-hydrogen) atoms. The minimum atomic E-state index is 0.409. The monoisotopic (exact) mass is 268 g/mol. The molecule has 0 saturated carbocycles. The summed E-state index contributed by atoms with van der Waals surface area (Å²) in [4.78, 5) is 8.62. The van der Waals surface area contributed by atoms with Gasteiger partial charge in [0.05, 0.1) is 7.11 Å². The highest BCUT2D eigenvalue weighted by Gasteiger charge is 2.12. The van der Waals surface area contributed by atoms with Crippen LogP contribution in [0.1, 0.15) is 25.3 Å². The Bertz CT molecular complexity index is 714. The topological polar surface area (TPSA) is 48.2 Å². The average Bonchev–Trinajstić information content (AvgIpc) is 2.90. The highest BCUT2D eigenvalue weighted by molar-refractivity contribution is 5.72. The van der Waals surface area contributed by atoms with Crippen LogP contribution in [0.5, 0.6) is 5.75 Å². The van der Waals surface area contributed by atoms with Crippen LogP contribution in [0.3, 0.4) is 0 Å². The molecule has 0 unspecified atom stereocenters.